The fourth-order valence-corrected chi connectivity index (χ4v) is 4.64. The second-order valence-corrected chi connectivity index (χ2v) is 8.11. The standard InChI is InChI=1S/C20H31N7/c1-4-21-17-5-9-22-19(25-17)26-11-7-20(8-12-26)18-16(23-14-24-18)6-10-27(20)13-15(2)3/h5,9,14-15H,4,6-8,10-13H2,1-3H3,(H,23,24)(H,21,22,25). The van der Waals surface area contributed by atoms with Crippen molar-refractivity contribution in [1.82, 2.24) is 24.8 Å². The Morgan fingerprint density at radius 2 is 2.04 bits per heavy atom. The third-order valence-electron chi connectivity index (χ3n) is 5.86. The van der Waals surface area contributed by atoms with Crippen LogP contribution in [-0.2, 0) is 12.0 Å². The number of fused-ring (bicyclic) bond motifs is 2. The molecule has 0 aromatic carbocycles. The molecule has 1 saturated heterocycles. The van der Waals surface area contributed by atoms with Gasteiger partial charge in [-0.3, -0.25) is 4.90 Å². The van der Waals surface area contributed by atoms with Gasteiger partial charge in [0.15, 0.2) is 0 Å². The minimum absolute atomic E-state index is 0.0492. The molecular weight excluding hydrogens is 338 g/mol. The number of nitrogens with one attached hydrogen (secondary N) is 2. The minimum Gasteiger partial charge on any atom is -0.370 e. The Balaban J connectivity index is 1.56. The zero-order chi connectivity index (χ0) is 18.9. The van der Waals surface area contributed by atoms with Gasteiger partial charge in [-0.25, -0.2) is 9.97 Å². The number of aromatic amines is 1. The highest BCUT2D eigenvalue weighted by molar-refractivity contribution is 5.42. The molecule has 4 rings (SSSR count). The highest BCUT2D eigenvalue weighted by Gasteiger charge is 2.46. The van der Waals surface area contributed by atoms with Gasteiger partial charge >= 0.3 is 0 Å². The highest BCUT2D eigenvalue weighted by atomic mass is 15.3. The van der Waals surface area contributed by atoms with Crippen molar-refractivity contribution in [3.8, 4) is 0 Å². The number of rotatable bonds is 5. The Morgan fingerprint density at radius 1 is 1.22 bits per heavy atom. The van der Waals surface area contributed by atoms with Crippen molar-refractivity contribution >= 4 is 11.8 Å². The molecule has 1 fully saturated rings. The Hall–Kier alpha value is -2.15. The van der Waals surface area contributed by atoms with Crippen LogP contribution in [0.1, 0.15) is 45.0 Å². The molecule has 2 aliphatic heterocycles. The van der Waals surface area contributed by atoms with E-state index in [0.717, 1.165) is 63.8 Å². The summed E-state index contributed by atoms with van der Waals surface area (Å²) in [4.78, 5) is 22.4. The second-order valence-electron chi connectivity index (χ2n) is 8.11. The average molecular weight is 370 g/mol. The number of hydrogen-bond acceptors (Lipinski definition) is 6. The van der Waals surface area contributed by atoms with Crippen molar-refractivity contribution < 1.29 is 0 Å². The lowest BCUT2D eigenvalue weighted by atomic mass is 9.78. The van der Waals surface area contributed by atoms with E-state index in [4.69, 9.17) is 4.98 Å². The van der Waals surface area contributed by atoms with Gasteiger partial charge in [0.2, 0.25) is 5.95 Å². The third kappa shape index (κ3) is 3.40. The van der Waals surface area contributed by atoms with Gasteiger partial charge in [0.1, 0.15) is 5.82 Å². The monoisotopic (exact) mass is 369 g/mol. The number of anilines is 2. The van der Waals surface area contributed by atoms with Gasteiger partial charge in [-0.1, -0.05) is 13.8 Å². The topological polar surface area (TPSA) is 73.0 Å². The van der Waals surface area contributed by atoms with Gasteiger partial charge in [-0.2, -0.15) is 4.98 Å². The Kier molecular flexibility index (Phi) is 5.04. The summed E-state index contributed by atoms with van der Waals surface area (Å²) < 4.78 is 0. The lowest BCUT2D eigenvalue weighted by Crippen LogP contribution is -2.57. The number of piperidine rings is 1. The molecule has 27 heavy (non-hydrogen) atoms. The first kappa shape index (κ1) is 18.2. The number of imidazole rings is 1. The van der Waals surface area contributed by atoms with E-state index in [-0.39, 0.29) is 5.54 Å². The fourth-order valence-electron chi connectivity index (χ4n) is 4.64. The predicted octanol–water partition coefficient (Wildman–Crippen LogP) is 2.64. The van der Waals surface area contributed by atoms with E-state index in [2.05, 4.69) is 50.8 Å². The van der Waals surface area contributed by atoms with Gasteiger partial charge in [-0.05, 0) is 31.7 Å². The normalized spacial score (nSPS) is 19.5. The molecule has 0 saturated carbocycles. The average Bonchev–Trinajstić information content (AvgIpc) is 3.15. The van der Waals surface area contributed by atoms with Gasteiger partial charge in [0, 0.05) is 51.0 Å². The van der Waals surface area contributed by atoms with E-state index < -0.39 is 0 Å². The summed E-state index contributed by atoms with van der Waals surface area (Å²) >= 11 is 0. The molecule has 7 nitrogen and oxygen atoms in total. The maximum atomic E-state index is 4.77. The van der Waals surface area contributed by atoms with Crippen molar-refractivity contribution in [3.05, 3.63) is 30.0 Å². The molecule has 4 heterocycles. The van der Waals surface area contributed by atoms with E-state index in [1.807, 2.05) is 18.6 Å². The lowest BCUT2D eigenvalue weighted by molar-refractivity contribution is 0.0340. The highest BCUT2D eigenvalue weighted by Crippen LogP contribution is 2.42. The number of nitrogens with zero attached hydrogens (tertiary/aromatic N) is 5. The SMILES string of the molecule is CCNc1ccnc(N2CCC3(CC2)c2nc[nH]c2CCN3CC(C)C)n1. The van der Waals surface area contributed by atoms with Crippen molar-refractivity contribution in [2.45, 2.75) is 45.6 Å². The van der Waals surface area contributed by atoms with Crippen LogP contribution in [0.2, 0.25) is 0 Å². The van der Waals surface area contributed by atoms with Crippen LogP contribution >= 0.6 is 0 Å². The molecular formula is C20H31N7. The van der Waals surface area contributed by atoms with Gasteiger partial charge in [0.05, 0.1) is 17.6 Å². The molecule has 0 radical (unpaired) electrons. The van der Waals surface area contributed by atoms with Crippen LogP contribution in [0.15, 0.2) is 18.6 Å². The molecule has 0 aliphatic carbocycles. The molecule has 2 aromatic heterocycles. The summed E-state index contributed by atoms with van der Waals surface area (Å²) in [5.74, 6) is 2.38. The second kappa shape index (κ2) is 7.46. The summed E-state index contributed by atoms with van der Waals surface area (Å²) in [5.41, 5.74) is 2.65. The van der Waals surface area contributed by atoms with Crippen LogP contribution in [0.5, 0.6) is 0 Å². The van der Waals surface area contributed by atoms with E-state index in [1.54, 1.807) is 0 Å². The Bertz CT molecular complexity index is 761. The van der Waals surface area contributed by atoms with E-state index in [9.17, 15) is 0 Å². The number of aromatic nitrogens is 4. The zero-order valence-electron chi connectivity index (χ0n) is 16.7. The third-order valence-corrected chi connectivity index (χ3v) is 5.86. The van der Waals surface area contributed by atoms with Crippen LogP contribution in [0.3, 0.4) is 0 Å². The number of hydrogen-bond donors (Lipinski definition) is 2. The van der Waals surface area contributed by atoms with Crippen LogP contribution < -0.4 is 10.2 Å². The summed E-state index contributed by atoms with van der Waals surface area (Å²) in [6.07, 6.45) is 6.92. The van der Waals surface area contributed by atoms with Crippen molar-refractivity contribution in [1.29, 1.82) is 0 Å². The first-order chi connectivity index (χ1) is 13.1. The molecule has 2 aliphatic rings. The quantitative estimate of drug-likeness (QED) is 0.844. The lowest BCUT2D eigenvalue weighted by Gasteiger charge is -2.51. The first-order valence-corrected chi connectivity index (χ1v) is 10.2. The largest absolute Gasteiger partial charge is 0.370 e. The van der Waals surface area contributed by atoms with E-state index in [0.29, 0.717) is 5.92 Å². The van der Waals surface area contributed by atoms with Crippen LogP contribution in [-0.4, -0.2) is 57.6 Å². The molecule has 146 valence electrons. The Morgan fingerprint density at radius 3 is 2.78 bits per heavy atom. The summed E-state index contributed by atoms with van der Waals surface area (Å²) in [5, 5.41) is 3.28. The fraction of sp³-hybridized carbons (Fsp3) is 0.650. The molecule has 7 heteroatoms. The molecule has 1 spiro atoms. The molecule has 0 atom stereocenters. The molecule has 0 unspecified atom stereocenters. The minimum atomic E-state index is 0.0492. The van der Waals surface area contributed by atoms with Crippen molar-refractivity contribution in [2.24, 2.45) is 5.92 Å². The summed E-state index contributed by atoms with van der Waals surface area (Å²) in [6.45, 7) is 11.7. The van der Waals surface area contributed by atoms with Gasteiger partial charge < -0.3 is 15.2 Å². The number of H-pyrrole nitrogens is 1. The smallest absolute Gasteiger partial charge is 0.227 e. The maximum Gasteiger partial charge on any atom is 0.227 e. The van der Waals surface area contributed by atoms with Crippen LogP contribution in [0.25, 0.3) is 0 Å². The van der Waals surface area contributed by atoms with Crippen LogP contribution in [0, 0.1) is 5.92 Å². The Labute approximate surface area is 161 Å². The zero-order valence-corrected chi connectivity index (χ0v) is 16.7. The molecule has 0 bridgehead atoms. The van der Waals surface area contributed by atoms with Crippen LogP contribution in [0.4, 0.5) is 11.8 Å². The summed E-state index contributed by atoms with van der Waals surface area (Å²) in [7, 11) is 0. The summed E-state index contributed by atoms with van der Waals surface area (Å²) in [6, 6.07) is 1.93. The van der Waals surface area contributed by atoms with Crippen molar-refractivity contribution in [3.63, 3.8) is 0 Å². The maximum absolute atomic E-state index is 4.77. The molecule has 0 amide bonds. The van der Waals surface area contributed by atoms with Gasteiger partial charge in [0.25, 0.3) is 0 Å². The van der Waals surface area contributed by atoms with Crippen molar-refractivity contribution in [2.75, 3.05) is 42.9 Å². The molecule has 2 N–H and O–H groups in total. The molecule has 2 aromatic rings. The van der Waals surface area contributed by atoms with E-state index >= 15 is 0 Å². The van der Waals surface area contributed by atoms with Gasteiger partial charge in [-0.15, -0.1) is 0 Å². The first-order valence-electron chi connectivity index (χ1n) is 10.2. The van der Waals surface area contributed by atoms with E-state index in [1.165, 1.54) is 11.4 Å². The predicted molar refractivity (Wildman–Crippen MR) is 108 cm³/mol.